The van der Waals surface area contributed by atoms with E-state index in [1.807, 2.05) is 27.8 Å². The lowest BCUT2D eigenvalue weighted by atomic mass is 10.2. The van der Waals surface area contributed by atoms with E-state index in [9.17, 15) is 4.79 Å². The molecule has 0 N–H and O–H groups in total. The van der Waals surface area contributed by atoms with Crippen molar-refractivity contribution in [2.45, 2.75) is 25.9 Å². The third kappa shape index (κ3) is 4.00. The molecule has 0 unspecified atom stereocenters. The van der Waals surface area contributed by atoms with Crippen LogP contribution < -0.4 is 0 Å². The standard InChI is InChI=1S/C18H19Cl2N3O/c1-2-8-23(18(24)13-3-4-13)12-17-21-7-9-22(17)11-14-5-6-15(19)10-16(14)20/h2,5-7,9-10,13H,1,3-4,8,11-12H2. The molecule has 1 aromatic heterocycles. The van der Waals surface area contributed by atoms with Gasteiger partial charge in [0.25, 0.3) is 0 Å². The van der Waals surface area contributed by atoms with Crippen molar-refractivity contribution in [3.05, 3.63) is 64.7 Å². The summed E-state index contributed by atoms with van der Waals surface area (Å²) in [6, 6.07) is 5.46. The maximum atomic E-state index is 12.4. The van der Waals surface area contributed by atoms with Gasteiger partial charge in [-0.3, -0.25) is 4.79 Å². The van der Waals surface area contributed by atoms with Gasteiger partial charge in [0.2, 0.25) is 5.91 Å². The topological polar surface area (TPSA) is 38.1 Å². The van der Waals surface area contributed by atoms with Gasteiger partial charge in [0.05, 0.1) is 13.1 Å². The van der Waals surface area contributed by atoms with E-state index in [2.05, 4.69) is 11.6 Å². The van der Waals surface area contributed by atoms with E-state index >= 15 is 0 Å². The summed E-state index contributed by atoms with van der Waals surface area (Å²) in [4.78, 5) is 18.6. The second-order valence-corrected chi connectivity index (χ2v) is 6.83. The number of carbonyl (C=O) groups is 1. The molecular weight excluding hydrogens is 345 g/mol. The molecule has 0 saturated heterocycles. The van der Waals surface area contributed by atoms with Crippen molar-refractivity contribution in [2.24, 2.45) is 5.92 Å². The second-order valence-electron chi connectivity index (χ2n) is 5.99. The van der Waals surface area contributed by atoms with E-state index in [0.29, 0.717) is 29.7 Å². The summed E-state index contributed by atoms with van der Waals surface area (Å²) in [7, 11) is 0. The first-order valence-electron chi connectivity index (χ1n) is 7.92. The quantitative estimate of drug-likeness (QED) is 0.692. The molecule has 1 aromatic carbocycles. The Morgan fingerprint density at radius 3 is 2.88 bits per heavy atom. The van der Waals surface area contributed by atoms with Gasteiger partial charge in [-0.1, -0.05) is 35.3 Å². The molecular formula is C18H19Cl2N3O. The van der Waals surface area contributed by atoms with Crippen molar-refractivity contribution in [2.75, 3.05) is 6.54 Å². The van der Waals surface area contributed by atoms with Crippen LogP contribution in [-0.4, -0.2) is 26.9 Å². The molecule has 0 spiro atoms. The van der Waals surface area contributed by atoms with Crippen molar-refractivity contribution < 1.29 is 4.79 Å². The molecule has 0 radical (unpaired) electrons. The fourth-order valence-corrected chi connectivity index (χ4v) is 3.08. The molecule has 1 fully saturated rings. The van der Waals surface area contributed by atoms with Gasteiger partial charge >= 0.3 is 0 Å². The fraction of sp³-hybridized carbons (Fsp3) is 0.333. The first-order valence-corrected chi connectivity index (χ1v) is 8.67. The molecule has 0 aliphatic heterocycles. The lowest BCUT2D eigenvalue weighted by molar-refractivity contribution is -0.132. The van der Waals surface area contributed by atoms with Crippen molar-refractivity contribution in [3.8, 4) is 0 Å². The molecule has 0 atom stereocenters. The van der Waals surface area contributed by atoms with Crippen LogP contribution in [-0.2, 0) is 17.9 Å². The summed E-state index contributed by atoms with van der Waals surface area (Å²) in [5.41, 5.74) is 0.962. The Kier molecular flexibility index (Phi) is 5.27. The summed E-state index contributed by atoms with van der Waals surface area (Å²) in [5.74, 6) is 1.20. The number of aromatic nitrogens is 2. The van der Waals surface area contributed by atoms with E-state index in [1.165, 1.54) is 0 Å². The minimum atomic E-state index is 0.180. The highest BCUT2D eigenvalue weighted by atomic mass is 35.5. The van der Waals surface area contributed by atoms with E-state index in [-0.39, 0.29) is 11.8 Å². The molecule has 1 saturated carbocycles. The van der Waals surface area contributed by atoms with Crippen LogP contribution in [0.2, 0.25) is 10.0 Å². The Hall–Kier alpha value is -1.78. The van der Waals surface area contributed by atoms with Crippen LogP contribution in [0.25, 0.3) is 0 Å². The maximum absolute atomic E-state index is 12.4. The van der Waals surface area contributed by atoms with Crippen molar-refractivity contribution in [1.29, 1.82) is 0 Å². The Bertz CT molecular complexity index is 752. The molecule has 3 rings (SSSR count). The Balaban J connectivity index is 1.76. The predicted octanol–water partition coefficient (Wildman–Crippen LogP) is 4.16. The summed E-state index contributed by atoms with van der Waals surface area (Å²) >= 11 is 12.2. The number of carbonyl (C=O) groups excluding carboxylic acids is 1. The van der Waals surface area contributed by atoms with Crippen LogP contribution >= 0.6 is 23.2 Å². The van der Waals surface area contributed by atoms with Crippen LogP contribution in [0.15, 0.2) is 43.2 Å². The molecule has 1 heterocycles. The molecule has 1 aliphatic carbocycles. The van der Waals surface area contributed by atoms with Gasteiger partial charge in [0.15, 0.2) is 0 Å². The molecule has 6 heteroatoms. The lowest BCUT2D eigenvalue weighted by Crippen LogP contribution is -2.33. The first kappa shape index (κ1) is 17.1. The van der Waals surface area contributed by atoms with Crippen LogP contribution in [0.4, 0.5) is 0 Å². The SMILES string of the molecule is C=CCN(Cc1nccn1Cc1ccc(Cl)cc1Cl)C(=O)C1CC1. The molecule has 4 nitrogen and oxygen atoms in total. The van der Waals surface area contributed by atoms with E-state index in [0.717, 1.165) is 24.2 Å². The van der Waals surface area contributed by atoms with Crippen LogP contribution in [0.5, 0.6) is 0 Å². The zero-order chi connectivity index (χ0) is 17.1. The summed E-state index contributed by atoms with van der Waals surface area (Å²) < 4.78 is 2.01. The third-order valence-electron chi connectivity index (χ3n) is 4.08. The molecule has 2 aromatic rings. The smallest absolute Gasteiger partial charge is 0.226 e. The first-order chi connectivity index (χ1) is 11.6. The number of rotatable bonds is 7. The van der Waals surface area contributed by atoms with Gasteiger partial charge in [0, 0.05) is 34.9 Å². The third-order valence-corrected chi connectivity index (χ3v) is 4.66. The van der Waals surface area contributed by atoms with Gasteiger partial charge < -0.3 is 9.47 Å². The normalized spacial score (nSPS) is 13.8. The molecule has 126 valence electrons. The Morgan fingerprint density at radius 1 is 1.42 bits per heavy atom. The number of hydrogen-bond donors (Lipinski definition) is 0. The number of halogens is 2. The Morgan fingerprint density at radius 2 is 2.21 bits per heavy atom. The van der Waals surface area contributed by atoms with Crippen molar-refractivity contribution >= 4 is 29.1 Å². The van der Waals surface area contributed by atoms with E-state index in [1.54, 1.807) is 18.3 Å². The highest BCUT2D eigenvalue weighted by Crippen LogP contribution is 2.31. The molecule has 1 amide bonds. The maximum Gasteiger partial charge on any atom is 0.226 e. The average Bonchev–Trinajstić information content (AvgIpc) is 3.31. The van der Waals surface area contributed by atoms with Crippen LogP contribution in [0, 0.1) is 5.92 Å². The van der Waals surface area contributed by atoms with Gasteiger partial charge in [-0.25, -0.2) is 4.98 Å². The zero-order valence-electron chi connectivity index (χ0n) is 13.3. The Labute approximate surface area is 151 Å². The monoisotopic (exact) mass is 363 g/mol. The average molecular weight is 364 g/mol. The molecule has 1 aliphatic rings. The molecule has 24 heavy (non-hydrogen) atoms. The van der Waals surface area contributed by atoms with Crippen LogP contribution in [0.1, 0.15) is 24.2 Å². The van der Waals surface area contributed by atoms with Gasteiger partial charge in [-0.05, 0) is 30.5 Å². The van der Waals surface area contributed by atoms with Gasteiger partial charge in [-0.15, -0.1) is 6.58 Å². The summed E-state index contributed by atoms with van der Waals surface area (Å²) in [6.07, 6.45) is 7.37. The largest absolute Gasteiger partial charge is 0.331 e. The minimum Gasteiger partial charge on any atom is -0.331 e. The lowest BCUT2D eigenvalue weighted by Gasteiger charge is -2.21. The van der Waals surface area contributed by atoms with Crippen molar-refractivity contribution in [1.82, 2.24) is 14.5 Å². The van der Waals surface area contributed by atoms with E-state index in [4.69, 9.17) is 23.2 Å². The number of benzene rings is 1. The predicted molar refractivity (Wildman–Crippen MR) is 96.1 cm³/mol. The molecule has 0 bridgehead atoms. The minimum absolute atomic E-state index is 0.180. The van der Waals surface area contributed by atoms with Gasteiger partial charge in [0.1, 0.15) is 5.82 Å². The summed E-state index contributed by atoms with van der Waals surface area (Å²) in [5, 5.41) is 1.24. The number of nitrogens with zero attached hydrogens (tertiary/aromatic N) is 3. The van der Waals surface area contributed by atoms with Gasteiger partial charge in [-0.2, -0.15) is 0 Å². The number of hydrogen-bond acceptors (Lipinski definition) is 2. The highest BCUT2D eigenvalue weighted by molar-refractivity contribution is 6.35. The van der Waals surface area contributed by atoms with Crippen LogP contribution in [0.3, 0.4) is 0 Å². The fourth-order valence-electron chi connectivity index (χ4n) is 2.62. The van der Waals surface area contributed by atoms with Crippen molar-refractivity contribution in [3.63, 3.8) is 0 Å². The summed E-state index contributed by atoms with van der Waals surface area (Å²) in [6.45, 7) is 5.34. The second kappa shape index (κ2) is 7.41. The van der Waals surface area contributed by atoms with E-state index < -0.39 is 0 Å². The highest BCUT2D eigenvalue weighted by Gasteiger charge is 2.33. The zero-order valence-corrected chi connectivity index (χ0v) is 14.8. The number of amides is 1. The number of imidazole rings is 1.